The zero-order valence-electron chi connectivity index (χ0n) is 27.9. The molecule has 9 heteroatoms. The maximum atomic E-state index is 13.9. The van der Waals surface area contributed by atoms with Crippen molar-refractivity contribution in [2.24, 2.45) is 5.73 Å². The van der Waals surface area contributed by atoms with Crippen LogP contribution < -0.4 is 20.3 Å². The smallest absolute Gasteiger partial charge is 0.277 e. The van der Waals surface area contributed by atoms with E-state index in [0.717, 1.165) is 4.68 Å². The molecule has 1 aromatic heterocycles. The summed E-state index contributed by atoms with van der Waals surface area (Å²) < 4.78 is 87.7. The highest BCUT2D eigenvalue weighted by molar-refractivity contribution is 6.09. The summed E-state index contributed by atoms with van der Waals surface area (Å²) in [4.78, 5) is 40.7. The third-order valence-corrected chi connectivity index (χ3v) is 5.42. The summed E-state index contributed by atoms with van der Waals surface area (Å²) in [6.45, 7) is -3.03. The lowest BCUT2D eigenvalue weighted by Gasteiger charge is -2.29. The van der Waals surface area contributed by atoms with Crippen molar-refractivity contribution in [1.29, 1.82) is 0 Å². The third kappa shape index (κ3) is 3.68. The first-order valence-electron chi connectivity index (χ1n) is 15.2. The number of rotatable bonds is 5. The van der Waals surface area contributed by atoms with E-state index in [-0.39, 0.29) is 47.0 Å². The molecule has 174 valence electrons. The molecule has 3 amide bonds. The Kier molecular flexibility index (Phi) is 3.29. The van der Waals surface area contributed by atoms with Crippen molar-refractivity contribution in [2.75, 3.05) is 30.0 Å². The third-order valence-electron chi connectivity index (χ3n) is 5.42. The van der Waals surface area contributed by atoms with Crippen LogP contribution in [0, 0.1) is 0 Å². The second-order valence-corrected chi connectivity index (χ2v) is 7.38. The Morgan fingerprint density at radius 1 is 1.03 bits per heavy atom. The fourth-order valence-electron chi connectivity index (χ4n) is 3.82. The van der Waals surface area contributed by atoms with Gasteiger partial charge in [0.25, 0.3) is 11.8 Å². The number of aromatic nitrogens is 2. The zero-order valence-corrected chi connectivity index (χ0v) is 17.9. The number of primary amides is 1. The van der Waals surface area contributed by atoms with Crippen LogP contribution in [0.3, 0.4) is 0 Å². The van der Waals surface area contributed by atoms with Crippen molar-refractivity contribution in [3.63, 3.8) is 0 Å². The normalized spacial score (nSPS) is 24.6. The van der Waals surface area contributed by atoms with Crippen molar-refractivity contribution in [2.45, 2.75) is 25.6 Å². The molecular formula is C25H25N5O4. The maximum absolute atomic E-state index is 13.9. The predicted molar refractivity (Wildman–Crippen MR) is 127 cm³/mol. The molecule has 34 heavy (non-hydrogen) atoms. The van der Waals surface area contributed by atoms with Crippen LogP contribution in [0.4, 0.5) is 11.4 Å². The SMILES string of the molecule is [2H]c1c([2H])c(-n2nc(C(N)=O)c3c2C(=O)N(c2ccc(N4C(=O)CC([2H])([2H])C([2H])([2H])C4([2H])[2H])cc2)CC3)c([2H])c([2H])c1OC. The number of piperidine rings is 1. The van der Waals surface area contributed by atoms with Crippen molar-refractivity contribution < 1.29 is 32.8 Å². The van der Waals surface area contributed by atoms with E-state index < -0.39 is 73.2 Å². The first kappa shape index (κ1) is 12.9. The van der Waals surface area contributed by atoms with Crippen LogP contribution >= 0.6 is 0 Å². The Labute approximate surface area is 210 Å². The number of methoxy groups -OCH3 is 1. The van der Waals surface area contributed by atoms with Gasteiger partial charge in [0.15, 0.2) is 5.69 Å². The number of nitrogens with zero attached hydrogens (tertiary/aromatic N) is 4. The van der Waals surface area contributed by atoms with Gasteiger partial charge in [0.2, 0.25) is 5.91 Å². The summed E-state index contributed by atoms with van der Waals surface area (Å²) in [6, 6.07) is 3.08. The minimum absolute atomic E-state index is 0.0147. The van der Waals surface area contributed by atoms with Crippen LogP contribution in [0.1, 0.15) is 59.4 Å². The van der Waals surface area contributed by atoms with Crippen LogP contribution in [-0.2, 0) is 11.2 Å². The average molecular weight is 470 g/mol. The number of hydrogen-bond acceptors (Lipinski definition) is 5. The van der Waals surface area contributed by atoms with Crippen molar-refractivity contribution >= 4 is 29.1 Å². The summed E-state index contributed by atoms with van der Waals surface area (Å²) >= 11 is 0. The molecule has 2 aliphatic heterocycles. The molecule has 0 bridgehead atoms. The minimum Gasteiger partial charge on any atom is -0.497 e. The second kappa shape index (κ2) is 8.66. The van der Waals surface area contributed by atoms with E-state index in [1.165, 1.54) is 36.3 Å². The van der Waals surface area contributed by atoms with Gasteiger partial charge in [-0.25, -0.2) is 4.68 Å². The minimum atomic E-state index is -3.05. The molecule has 0 atom stereocenters. The van der Waals surface area contributed by atoms with Crippen molar-refractivity contribution in [3.8, 4) is 11.4 Å². The molecule has 9 nitrogen and oxygen atoms in total. The molecule has 2 aliphatic rings. The molecule has 0 radical (unpaired) electrons. The van der Waals surface area contributed by atoms with Crippen LogP contribution in [0.2, 0.25) is 0 Å². The largest absolute Gasteiger partial charge is 0.497 e. The molecule has 5 rings (SSSR count). The monoisotopic (exact) mass is 469 g/mol. The number of benzene rings is 2. The second-order valence-electron chi connectivity index (χ2n) is 7.38. The maximum Gasteiger partial charge on any atom is 0.277 e. The lowest BCUT2D eigenvalue weighted by Crippen LogP contribution is -2.39. The summed E-state index contributed by atoms with van der Waals surface area (Å²) in [7, 11) is 1.18. The van der Waals surface area contributed by atoms with Crippen molar-refractivity contribution in [3.05, 3.63) is 65.4 Å². The first-order chi connectivity index (χ1) is 20.4. The molecule has 2 aromatic carbocycles. The van der Waals surface area contributed by atoms with Gasteiger partial charge in [-0.2, -0.15) is 5.10 Å². The van der Waals surface area contributed by atoms with Gasteiger partial charge in [-0.05, 0) is 67.6 Å². The number of ether oxygens (including phenoxy) is 1. The highest BCUT2D eigenvalue weighted by Crippen LogP contribution is 2.31. The molecule has 3 aromatic rings. The topological polar surface area (TPSA) is 111 Å². The lowest BCUT2D eigenvalue weighted by molar-refractivity contribution is -0.119. The summed E-state index contributed by atoms with van der Waals surface area (Å²) in [5, 5.41) is 4.12. The van der Waals surface area contributed by atoms with E-state index in [9.17, 15) is 14.4 Å². The predicted octanol–water partition coefficient (Wildman–Crippen LogP) is 2.70. The van der Waals surface area contributed by atoms with E-state index >= 15 is 0 Å². The molecule has 0 aliphatic carbocycles. The van der Waals surface area contributed by atoms with Crippen LogP contribution in [-0.4, -0.2) is 47.7 Å². The standard InChI is InChI=1S/C25H25N5O4/c1-34-19-11-9-18(10-12-19)30-23-20(22(27-30)24(26)32)13-15-29(25(23)33)17-7-5-16(6-8-17)28-14-3-2-4-21(28)31/h5-12H,2-4,13-15H2,1H3,(H2,26,32)/i2D2,3D2,9D,10D,11D,12D,14D2. The van der Waals surface area contributed by atoms with Gasteiger partial charge in [-0.15, -0.1) is 0 Å². The zero-order chi connectivity index (χ0) is 32.7. The summed E-state index contributed by atoms with van der Waals surface area (Å²) in [5.41, 5.74) is 4.92. The molecule has 3 heterocycles. The van der Waals surface area contributed by atoms with Gasteiger partial charge in [0.1, 0.15) is 11.4 Å². The Hall–Kier alpha value is -4.14. The number of nitrogens with two attached hydrogens (primary N) is 1. The molecule has 2 N–H and O–H groups in total. The van der Waals surface area contributed by atoms with Crippen LogP contribution in [0.25, 0.3) is 5.69 Å². The van der Waals surface area contributed by atoms with Gasteiger partial charge in [0, 0.05) is 44.6 Å². The number of carbonyl (C=O) groups is 3. The van der Waals surface area contributed by atoms with Gasteiger partial charge in [-0.3, -0.25) is 14.4 Å². The van der Waals surface area contributed by atoms with E-state index in [4.69, 9.17) is 24.2 Å². The van der Waals surface area contributed by atoms with E-state index in [2.05, 4.69) is 5.10 Å². The fourth-order valence-corrected chi connectivity index (χ4v) is 3.82. The first-order valence-corrected chi connectivity index (χ1v) is 10.2. The van der Waals surface area contributed by atoms with Crippen molar-refractivity contribution in [1.82, 2.24) is 9.78 Å². The Balaban J connectivity index is 1.57. The highest BCUT2D eigenvalue weighted by Gasteiger charge is 2.34. The van der Waals surface area contributed by atoms with Gasteiger partial charge in [-0.1, -0.05) is 0 Å². The number of carbonyl (C=O) groups excluding carboxylic acids is 3. The lowest BCUT2D eigenvalue weighted by atomic mass is 10.0. The summed E-state index contributed by atoms with van der Waals surface area (Å²) in [5.74, 6) is -3.00. The number of amides is 3. The molecule has 1 fully saturated rings. The molecular weight excluding hydrogens is 434 g/mol. The van der Waals surface area contributed by atoms with E-state index in [1.54, 1.807) is 0 Å². The fraction of sp³-hybridized carbons (Fsp3) is 0.280. The average Bonchev–Trinajstić information content (AvgIpc) is 3.32. The number of fused-ring (bicyclic) bond motifs is 1. The van der Waals surface area contributed by atoms with E-state index in [0.29, 0.717) is 4.90 Å². The molecule has 1 saturated heterocycles. The van der Waals surface area contributed by atoms with Crippen LogP contribution in [0.15, 0.2) is 48.4 Å². The molecule has 0 saturated carbocycles. The number of hydrogen-bond donors (Lipinski definition) is 1. The Morgan fingerprint density at radius 3 is 2.35 bits per heavy atom. The quantitative estimate of drug-likeness (QED) is 0.618. The Morgan fingerprint density at radius 2 is 1.71 bits per heavy atom. The molecule has 0 unspecified atom stereocenters. The van der Waals surface area contributed by atoms with E-state index in [1.807, 2.05) is 0 Å². The van der Waals surface area contributed by atoms with Gasteiger partial charge in [0.05, 0.1) is 18.3 Å². The van der Waals surface area contributed by atoms with Gasteiger partial charge >= 0.3 is 0 Å². The number of anilines is 2. The highest BCUT2D eigenvalue weighted by atomic mass is 16.5. The van der Waals surface area contributed by atoms with Gasteiger partial charge < -0.3 is 20.3 Å². The summed E-state index contributed by atoms with van der Waals surface area (Å²) in [6.07, 6.45) is -6.63. The Bertz CT molecular complexity index is 1710. The van der Waals surface area contributed by atoms with Crippen LogP contribution in [0.5, 0.6) is 5.75 Å². The molecule has 0 spiro atoms.